The van der Waals surface area contributed by atoms with Crippen LogP contribution in [-0.2, 0) is 11.2 Å². The van der Waals surface area contributed by atoms with E-state index in [4.69, 9.17) is 20.3 Å². The topological polar surface area (TPSA) is 81.8 Å². The summed E-state index contributed by atoms with van der Waals surface area (Å²) in [7, 11) is 0. The van der Waals surface area contributed by atoms with Gasteiger partial charge in [0.25, 0.3) is 0 Å². The molecule has 0 saturated heterocycles. The summed E-state index contributed by atoms with van der Waals surface area (Å²) >= 11 is 3.40. The number of rotatable bonds is 3. The SMILES string of the molecule is N[C@H](Cc1cc(Br)c2c(c1)OCCCO2)C(=O)O. The molecule has 1 heterocycles. The van der Waals surface area contributed by atoms with Gasteiger partial charge in [-0.1, -0.05) is 0 Å². The van der Waals surface area contributed by atoms with E-state index in [-0.39, 0.29) is 6.42 Å². The number of aliphatic carboxylic acids is 1. The Morgan fingerprint density at radius 2 is 2.17 bits per heavy atom. The lowest BCUT2D eigenvalue weighted by molar-refractivity contribution is -0.138. The van der Waals surface area contributed by atoms with Crippen molar-refractivity contribution in [2.24, 2.45) is 5.73 Å². The van der Waals surface area contributed by atoms with Crippen molar-refractivity contribution in [3.05, 3.63) is 22.2 Å². The van der Waals surface area contributed by atoms with Crippen LogP contribution in [0.1, 0.15) is 12.0 Å². The molecule has 1 aromatic carbocycles. The van der Waals surface area contributed by atoms with Crippen molar-refractivity contribution < 1.29 is 19.4 Å². The third-order valence-corrected chi connectivity index (χ3v) is 3.22. The number of carboxylic acids is 1. The number of hydrogen-bond donors (Lipinski definition) is 2. The van der Waals surface area contributed by atoms with E-state index >= 15 is 0 Å². The zero-order valence-electron chi connectivity index (χ0n) is 9.69. The summed E-state index contributed by atoms with van der Waals surface area (Å²) in [6.45, 7) is 1.20. The van der Waals surface area contributed by atoms with Gasteiger partial charge < -0.3 is 20.3 Å². The molecule has 1 aliphatic rings. The fourth-order valence-electron chi connectivity index (χ4n) is 1.74. The van der Waals surface area contributed by atoms with Crippen LogP contribution in [0.15, 0.2) is 16.6 Å². The first-order valence-corrected chi connectivity index (χ1v) is 6.43. The molecular formula is C12H14BrNO4. The maximum atomic E-state index is 10.7. The van der Waals surface area contributed by atoms with Crippen LogP contribution in [0, 0.1) is 0 Å². The van der Waals surface area contributed by atoms with Crippen LogP contribution in [0.3, 0.4) is 0 Å². The summed E-state index contributed by atoms with van der Waals surface area (Å²) in [5.41, 5.74) is 6.33. The van der Waals surface area contributed by atoms with Crippen LogP contribution in [0.4, 0.5) is 0 Å². The van der Waals surface area contributed by atoms with Gasteiger partial charge in [0.15, 0.2) is 11.5 Å². The van der Waals surface area contributed by atoms with Gasteiger partial charge in [0, 0.05) is 6.42 Å². The fourth-order valence-corrected chi connectivity index (χ4v) is 2.35. The normalized spacial score (nSPS) is 15.9. The highest BCUT2D eigenvalue weighted by molar-refractivity contribution is 9.10. The number of fused-ring (bicyclic) bond motifs is 1. The molecule has 0 aliphatic carbocycles. The Bertz CT molecular complexity index is 464. The number of nitrogens with two attached hydrogens (primary N) is 1. The Morgan fingerprint density at radius 1 is 1.44 bits per heavy atom. The van der Waals surface area contributed by atoms with Crippen molar-refractivity contribution in [2.75, 3.05) is 13.2 Å². The van der Waals surface area contributed by atoms with E-state index in [0.29, 0.717) is 24.7 Å². The molecule has 1 aromatic rings. The molecule has 3 N–H and O–H groups in total. The molecule has 1 aliphatic heterocycles. The predicted molar refractivity (Wildman–Crippen MR) is 69.1 cm³/mol. The van der Waals surface area contributed by atoms with Crippen molar-refractivity contribution in [3.8, 4) is 11.5 Å². The quantitative estimate of drug-likeness (QED) is 0.884. The first-order valence-electron chi connectivity index (χ1n) is 5.64. The smallest absolute Gasteiger partial charge is 0.320 e. The molecule has 0 radical (unpaired) electrons. The van der Waals surface area contributed by atoms with Gasteiger partial charge in [-0.25, -0.2) is 0 Å². The minimum absolute atomic E-state index is 0.255. The monoisotopic (exact) mass is 315 g/mol. The fraction of sp³-hybridized carbons (Fsp3) is 0.417. The zero-order chi connectivity index (χ0) is 13.1. The molecule has 1 atom stereocenters. The summed E-state index contributed by atoms with van der Waals surface area (Å²) in [5.74, 6) is 0.285. The molecule has 5 nitrogen and oxygen atoms in total. The third kappa shape index (κ3) is 2.94. The van der Waals surface area contributed by atoms with E-state index in [9.17, 15) is 4.79 Å². The van der Waals surface area contributed by atoms with Crippen LogP contribution in [0.5, 0.6) is 11.5 Å². The van der Waals surface area contributed by atoms with Crippen LogP contribution in [0.25, 0.3) is 0 Å². The van der Waals surface area contributed by atoms with Crippen molar-refractivity contribution in [2.45, 2.75) is 18.9 Å². The van der Waals surface area contributed by atoms with E-state index in [1.165, 1.54) is 0 Å². The van der Waals surface area contributed by atoms with E-state index in [1.54, 1.807) is 6.07 Å². The van der Waals surface area contributed by atoms with Gasteiger partial charge in [-0.3, -0.25) is 4.79 Å². The molecule has 98 valence electrons. The number of benzene rings is 1. The molecule has 0 spiro atoms. The maximum absolute atomic E-state index is 10.7. The molecule has 18 heavy (non-hydrogen) atoms. The second kappa shape index (κ2) is 5.58. The van der Waals surface area contributed by atoms with Gasteiger partial charge in [-0.15, -0.1) is 0 Å². The lowest BCUT2D eigenvalue weighted by Gasteiger charge is -2.13. The van der Waals surface area contributed by atoms with Gasteiger partial charge in [0.1, 0.15) is 6.04 Å². The van der Waals surface area contributed by atoms with Crippen LogP contribution in [0.2, 0.25) is 0 Å². The average molecular weight is 316 g/mol. The second-order valence-corrected chi connectivity index (χ2v) is 4.96. The Labute approximate surface area is 113 Å². The van der Waals surface area contributed by atoms with Crippen LogP contribution >= 0.6 is 15.9 Å². The number of hydrogen-bond acceptors (Lipinski definition) is 4. The number of ether oxygens (including phenoxy) is 2. The molecule has 0 saturated carbocycles. The first kappa shape index (κ1) is 13.2. The van der Waals surface area contributed by atoms with Crippen molar-refractivity contribution in [1.82, 2.24) is 0 Å². The molecule has 0 aromatic heterocycles. The third-order valence-electron chi connectivity index (χ3n) is 2.63. The molecule has 0 fully saturated rings. The van der Waals surface area contributed by atoms with E-state index in [2.05, 4.69) is 15.9 Å². The molecule has 6 heteroatoms. The van der Waals surface area contributed by atoms with Gasteiger partial charge in [-0.2, -0.15) is 0 Å². The first-order chi connectivity index (χ1) is 8.58. The van der Waals surface area contributed by atoms with Crippen LogP contribution < -0.4 is 15.2 Å². The van der Waals surface area contributed by atoms with Gasteiger partial charge in [-0.05, 0) is 40.0 Å². The standard InChI is InChI=1S/C12H14BrNO4/c13-8-4-7(5-9(14)12(15)16)6-10-11(8)18-3-1-2-17-10/h4,6,9H,1-3,5,14H2,(H,15,16)/t9-/m1/s1. The molecule has 0 unspecified atom stereocenters. The molecule has 2 rings (SSSR count). The lowest BCUT2D eigenvalue weighted by Crippen LogP contribution is -2.32. The van der Waals surface area contributed by atoms with E-state index in [0.717, 1.165) is 16.5 Å². The Balaban J connectivity index is 2.26. The van der Waals surface area contributed by atoms with Crippen LogP contribution in [-0.4, -0.2) is 30.3 Å². The van der Waals surface area contributed by atoms with Gasteiger partial charge in [0.2, 0.25) is 0 Å². The maximum Gasteiger partial charge on any atom is 0.320 e. The largest absolute Gasteiger partial charge is 0.490 e. The van der Waals surface area contributed by atoms with E-state index in [1.807, 2.05) is 6.07 Å². The molecule has 0 amide bonds. The minimum atomic E-state index is -1.02. The van der Waals surface area contributed by atoms with Gasteiger partial charge >= 0.3 is 5.97 Å². The highest BCUT2D eigenvalue weighted by Gasteiger charge is 2.18. The predicted octanol–water partition coefficient (Wildman–Crippen LogP) is 1.56. The molecule has 0 bridgehead atoms. The van der Waals surface area contributed by atoms with Gasteiger partial charge in [0.05, 0.1) is 17.7 Å². The van der Waals surface area contributed by atoms with Crippen molar-refractivity contribution in [3.63, 3.8) is 0 Å². The highest BCUT2D eigenvalue weighted by atomic mass is 79.9. The summed E-state index contributed by atoms with van der Waals surface area (Å²) in [6.07, 6.45) is 1.08. The number of carboxylic acid groups (broad SMARTS) is 1. The highest BCUT2D eigenvalue weighted by Crippen LogP contribution is 2.38. The summed E-state index contributed by atoms with van der Waals surface area (Å²) in [6, 6.07) is 2.69. The second-order valence-electron chi connectivity index (χ2n) is 4.10. The Hall–Kier alpha value is -1.27. The molecular weight excluding hydrogens is 302 g/mol. The lowest BCUT2D eigenvalue weighted by atomic mass is 10.1. The Morgan fingerprint density at radius 3 is 2.89 bits per heavy atom. The number of carbonyl (C=O) groups is 1. The summed E-state index contributed by atoms with van der Waals surface area (Å²) < 4.78 is 11.9. The minimum Gasteiger partial charge on any atom is -0.490 e. The van der Waals surface area contributed by atoms with Crippen molar-refractivity contribution in [1.29, 1.82) is 0 Å². The summed E-state index contributed by atoms with van der Waals surface area (Å²) in [5, 5.41) is 8.80. The Kier molecular flexibility index (Phi) is 4.08. The summed E-state index contributed by atoms with van der Waals surface area (Å²) in [4.78, 5) is 10.7. The number of halogens is 1. The zero-order valence-corrected chi connectivity index (χ0v) is 11.3. The van der Waals surface area contributed by atoms with E-state index < -0.39 is 12.0 Å². The van der Waals surface area contributed by atoms with Crippen molar-refractivity contribution >= 4 is 21.9 Å². The average Bonchev–Trinajstić information content (AvgIpc) is 2.54.